The molecule has 1 fully saturated rings. The van der Waals surface area contributed by atoms with Crippen molar-refractivity contribution >= 4 is 21.4 Å². The molecule has 0 bridgehead atoms. The molecule has 13 heteroatoms. The Labute approximate surface area is 135 Å². The van der Waals surface area contributed by atoms with Crippen molar-refractivity contribution in [1.29, 1.82) is 0 Å². The molecule has 2 heterocycles. The van der Waals surface area contributed by atoms with Crippen molar-refractivity contribution in [1.82, 2.24) is 26.4 Å². The maximum Gasteiger partial charge on any atom is 0.394 e. The van der Waals surface area contributed by atoms with Crippen LogP contribution in [0.25, 0.3) is 11.0 Å². The van der Waals surface area contributed by atoms with Crippen LogP contribution in [0.1, 0.15) is 0 Å². The van der Waals surface area contributed by atoms with E-state index in [0.717, 1.165) is 24.1 Å². The molecule has 0 amide bonds. The summed E-state index contributed by atoms with van der Waals surface area (Å²) in [6.07, 6.45) is 3.39. The maximum absolute atomic E-state index is 9.67. The first-order valence-electron chi connectivity index (χ1n) is 6.18. The molecule has 2 aromatic rings. The highest BCUT2D eigenvalue weighted by Gasteiger charge is 1.89. The van der Waals surface area contributed by atoms with Crippen LogP contribution in [-0.4, -0.2) is 47.3 Å². The van der Waals surface area contributed by atoms with Crippen LogP contribution in [0.4, 0.5) is 13.2 Å². The van der Waals surface area contributed by atoms with Crippen molar-refractivity contribution in [2.75, 3.05) is 13.1 Å². The van der Waals surface area contributed by atoms with Crippen LogP contribution in [0, 0.1) is 0 Å². The minimum absolute atomic E-state index is 0.949. The second-order valence-electron chi connectivity index (χ2n) is 3.72. The van der Waals surface area contributed by atoms with E-state index in [0.29, 0.717) is 0 Å². The van der Waals surface area contributed by atoms with Crippen molar-refractivity contribution in [3.05, 3.63) is 36.7 Å². The van der Waals surface area contributed by atoms with Crippen molar-refractivity contribution < 1.29 is 30.7 Å². The number of hydrogen-bond acceptors (Lipinski definition) is 7. The van der Waals surface area contributed by atoms with Crippen molar-refractivity contribution in [3.63, 3.8) is 0 Å². The second kappa shape index (κ2) is 12.5. The molecule has 0 atom stereocenters. The van der Waals surface area contributed by atoms with Crippen molar-refractivity contribution in [2.24, 2.45) is 0 Å². The molecule has 136 valence electrons. The van der Waals surface area contributed by atoms with Crippen LogP contribution in [0.3, 0.4) is 0 Å². The Morgan fingerprint density at radius 1 is 0.958 bits per heavy atom. The number of para-hydroxylation sites is 2. The zero-order chi connectivity index (χ0) is 18.4. The number of fused-ring (bicyclic) bond motifs is 1. The van der Waals surface area contributed by atoms with Gasteiger partial charge in [-0.25, -0.2) is 10.9 Å². The van der Waals surface area contributed by atoms with Gasteiger partial charge in [0.1, 0.15) is 0 Å². The van der Waals surface area contributed by atoms with Gasteiger partial charge in [0.25, 0.3) is 0 Å². The summed E-state index contributed by atoms with van der Waals surface area (Å²) in [5, 5.41) is 0. The van der Waals surface area contributed by atoms with E-state index in [1.165, 1.54) is 0 Å². The molecule has 9 nitrogen and oxygen atoms in total. The molecular weight excluding hydrogens is 355 g/mol. The molecule has 0 aliphatic carbocycles. The monoisotopic (exact) mass is 371 g/mol. The predicted octanol–water partition coefficient (Wildman–Crippen LogP) is 0.754. The summed E-state index contributed by atoms with van der Waals surface area (Å²) in [4.78, 5) is 8.24. The third-order valence-corrected chi connectivity index (χ3v) is 1.93. The highest BCUT2D eigenvalue weighted by atomic mass is 32.3. The van der Waals surface area contributed by atoms with Gasteiger partial charge in [-0.3, -0.25) is 19.1 Å². The normalized spacial score (nSPS) is 13.1. The SMILES string of the molecule is C1CNNN1.FC(F)F.O=S(=O)(O)O.c1ccc2nccnc2c1. The van der Waals surface area contributed by atoms with Gasteiger partial charge in [-0.2, -0.15) is 27.1 Å². The van der Waals surface area contributed by atoms with Crippen LogP contribution in [0.5, 0.6) is 0 Å². The standard InChI is InChI=1S/C8H6N2.C2H7N3.CHF3.H2O4S/c1-2-4-8-7(3-1)9-5-6-10-8;1-2-4-5-3-1;2-1(3)4;1-5(2,3)4/h1-6H;3-5H,1-2H2;1H;(H2,1,2,3,4). The topological polar surface area (TPSA) is 136 Å². The lowest BCUT2D eigenvalue weighted by molar-refractivity contribution is 0.00819. The number of halogens is 3. The highest BCUT2D eigenvalue weighted by Crippen LogP contribution is 2.04. The van der Waals surface area contributed by atoms with Gasteiger partial charge in [-0.05, 0) is 12.1 Å². The van der Waals surface area contributed by atoms with E-state index in [1.807, 2.05) is 24.3 Å². The van der Waals surface area contributed by atoms with Gasteiger partial charge in [0.05, 0.1) is 11.0 Å². The molecule has 1 saturated heterocycles. The number of nitrogens with one attached hydrogen (secondary N) is 3. The Hall–Kier alpha value is -1.90. The zero-order valence-electron chi connectivity index (χ0n) is 12.1. The molecule has 0 radical (unpaired) electrons. The van der Waals surface area contributed by atoms with Gasteiger partial charge in [0.15, 0.2) is 0 Å². The minimum Gasteiger partial charge on any atom is -0.264 e. The van der Waals surface area contributed by atoms with E-state index in [2.05, 4.69) is 26.4 Å². The zero-order valence-corrected chi connectivity index (χ0v) is 12.9. The first-order chi connectivity index (χ1) is 11.2. The second-order valence-corrected chi connectivity index (χ2v) is 4.61. The Kier molecular flexibility index (Phi) is 11.5. The fourth-order valence-corrected chi connectivity index (χ4v) is 1.22. The summed E-state index contributed by atoms with van der Waals surface area (Å²) >= 11 is 0. The Morgan fingerprint density at radius 2 is 1.29 bits per heavy atom. The fourth-order valence-electron chi connectivity index (χ4n) is 1.22. The predicted molar refractivity (Wildman–Crippen MR) is 80.0 cm³/mol. The molecule has 0 unspecified atom stereocenters. The van der Waals surface area contributed by atoms with Gasteiger partial charge in [0.2, 0.25) is 0 Å². The molecule has 0 spiro atoms. The number of hydrazine groups is 2. The summed E-state index contributed by atoms with van der Waals surface area (Å²) in [6.45, 7) is -1.61. The molecule has 5 N–H and O–H groups in total. The number of rotatable bonds is 0. The summed E-state index contributed by atoms with van der Waals surface area (Å²) in [6, 6.07) is 7.80. The number of hydrogen-bond donors (Lipinski definition) is 5. The average Bonchev–Trinajstić information content (AvgIpc) is 3.04. The molecule has 1 aromatic carbocycles. The maximum atomic E-state index is 9.67. The lowest BCUT2D eigenvalue weighted by atomic mass is 10.3. The van der Waals surface area contributed by atoms with Crippen LogP contribution >= 0.6 is 0 Å². The molecule has 3 rings (SSSR count). The third kappa shape index (κ3) is 16.5. The molecule has 1 aliphatic heterocycles. The molecule has 1 aliphatic rings. The highest BCUT2D eigenvalue weighted by molar-refractivity contribution is 7.79. The fraction of sp³-hybridized carbons (Fsp3) is 0.273. The molecular formula is C11H16F3N5O4S. The summed E-state index contributed by atoms with van der Waals surface area (Å²) in [7, 11) is -4.67. The largest absolute Gasteiger partial charge is 0.394 e. The molecule has 24 heavy (non-hydrogen) atoms. The molecule has 1 aromatic heterocycles. The minimum atomic E-state index is -4.67. The number of benzene rings is 1. The summed E-state index contributed by atoms with van der Waals surface area (Å²) in [5.74, 6) is 0. The average molecular weight is 371 g/mol. The van der Waals surface area contributed by atoms with Crippen molar-refractivity contribution in [2.45, 2.75) is 6.68 Å². The Bertz CT molecular complexity index is 590. The van der Waals surface area contributed by atoms with Crippen LogP contribution in [-0.2, 0) is 10.4 Å². The van der Waals surface area contributed by atoms with E-state index >= 15 is 0 Å². The van der Waals surface area contributed by atoms with E-state index in [4.69, 9.17) is 17.5 Å². The van der Waals surface area contributed by atoms with Crippen molar-refractivity contribution in [3.8, 4) is 0 Å². The van der Waals surface area contributed by atoms with Crippen LogP contribution in [0.15, 0.2) is 36.7 Å². The smallest absolute Gasteiger partial charge is 0.264 e. The lowest BCUT2D eigenvalue weighted by Gasteiger charge is -1.90. The van der Waals surface area contributed by atoms with E-state index in [9.17, 15) is 13.2 Å². The quantitative estimate of drug-likeness (QED) is 0.425. The number of nitrogens with zero attached hydrogens (tertiary/aromatic N) is 2. The summed E-state index contributed by atoms with van der Waals surface area (Å²) < 4.78 is 60.6. The van der Waals surface area contributed by atoms with Gasteiger partial charge < -0.3 is 0 Å². The van der Waals surface area contributed by atoms with E-state index in [-0.39, 0.29) is 0 Å². The van der Waals surface area contributed by atoms with Gasteiger partial charge >= 0.3 is 17.1 Å². The lowest BCUT2D eigenvalue weighted by Crippen LogP contribution is -2.29. The van der Waals surface area contributed by atoms with E-state index < -0.39 is 17.1 Å². The third-order valence-electron chi connectivity index (χ3n) is 1.93. The number of aromatic nitrogens is 2. The first-order valence-corrected chi connectivity index (χ1v) is 7.58. The Morgan fingerprint density at radius 3 is 1.54 bits per heavy atom. The molecule has 0 saturated carbocycles. The van der Waals surface area contributed by atoms with Crippen LogP contribution < -0.4 is 16.4 Å². The number of alkyl halides is 3. The summed E-state index contributed by atoms with van der Waals surface area (Å²) in [5.41, 5.74) is 10.3. The first kappa shape index (κ1) is 22.1. The van der Waals surface area contributed by atoms with Gasteiger partial charge in [-0.15, -0.1) is 0 Å². The van der Waals surface area contributed by atoms with Gasteiger partial charge in [-0.1, -0.05) is 12.1 Å². The van der Waals surface area contributed by atoms with E-state index in [1.54, 1.807) is 12.4 Å². The van der Waals surface area contributed by atoms with Gasteiger partial charge in [0, 0.05) is 25.5 Å². The van der Waals surface area contributed by atoms with Crippen LogP contribution in [0.2, 0.25) is 0 Å². The Balaban J connectivity index is 0.000000324.